The largest absolute Gasteiger partial charge is 0.340 e. The Labute approximate surface area is 80.3 Å². The normalized spacial score (nSPS) is 11.4. The van der Waals surface area contributed by atoms with Crippen molar-refractivity contribution in [1.82, 2.24) is 20.2 Å². The van der Waals surface area contributed by atoms with Gasteiger partial charge in [-0.25, -0.2) is 4.98 Å². The molecule has 0 unspecified atom stereocenters. The first-order valence-corrected chi connectivity index (χ1v) is 4.43. The molecule has 0 aliphatic heterocycles. The van der Waals surface area contributed by atoms with Gasteiger partial charge in [0.25, 0.3) is 0 Å². The minimum atomic E-state index is 0.348. The Morgan fingerprint density at radius 3 is 2.85 bits per heavy atom. The minimum Gasteiger partial charge on any atom is -0.340 e. The highest BCUT2D eigenvalue weighted by Crippen LogP contribution is 2.20. The summed E-state index contributed by atoms with van der Waals surface area (Å²) in [6.07, 6.45) is 1.63. The summed E-state index contributed by atoms with van der Waals surface area (Å²) in [4.78, 5) is 7.46. The summed E-state index contributed by atoms with van der Waals surface area (Å²) in [6.45, 7) is 4.12. The molecule has 2 heterocycles. The fourth-order valence-corrected chi connectivity index (χ4v) is 1.30. The maximum atomic E-state index is 5.82. The number of aromatic nitrogens is 4. The van der Waals surface area contributed by atoms with Crippen molar-refractivity contribution in [2.24, 2.45) is 0 Å². The molecule has 0 saturated heterocycles. The third-order valence-electron chi connectivity index (χ3n) is 1.82. The van der Waals surface area contributed by atoms with E-state index in [4.69, 9.17) is 11.6 Å². The first kappa shape index (κ1) is 8.44. The van der Waals surface area contributed by atoms with Crippen LogP contribution in [0.1, 0.15) is 25.6 Å². The number of imidazole rings is 1. The third kappa shape index (κ3) is 1.37. The molecular weight excluding hydrogens is 188 g/mol. The molecule has 0 fully saturated rings. The van der Waals surface area contributed by atoms with E-state index < -0.39 is 0 Å². The molecule has 0 aromatic carbocycles. The molecule has 0 radical (unpaired) electrons. The highest BCUT2D eigenvalue weighted by Gasteiger charge is 2.09. The zero-order chi connectivity index (χ0) is 9.42. The van der Waals surface area contributed by atoms with Crippen molar-refractivity contribution >= 4 is 22.6 Å². The Morgan fingerprint density at radius 1 is 1.46 bits per heavy atom. The molecule has 0 spiro atoms. The summed E-state index contributed by atoms with van der Waals surface area (Å²) >= 11 is 5.82. The molecule has 0 atom stereocenters. The molecule has 0 saturated carbocycles. The van der Waals surface area contributed by atoms with Crippen LogP contribution in [0.4, 0.5) is 0 Å². The third-order valence-corrected chi connectivity index (χ3v) is 2.08. The van der Waals surface area contributed by atoms with Crippen molar-refractivity contribution in [3.63, 3.8) is 0 Å². The van der Waals surface area contributed by atoms with Gasteiger partial charge in [-0.3, -0.25) is 0 Å². The highest BCUT2D eigenvalue weighted by molar-refractivity contribution is 6.33. The predicted octanol–water partition coefficient (Wildman–Crippen LogP) is 2.13. The second-order valence-corrected chi connectivity index (χ2v) is 3.53. The van der Waals surface area contributed by atoms with Crippen molar-refractivity contribution in [2.75, 3.05) is 0 Å². The first-order valence-electron chi connectivity index (χ1n) is 4.05. The molecule has 13 heavy (non-hydrogen) atoms. The van der Waals surface area contributed by atoms with E-state index >= 15 is 0 Å². The van der Waals surface area contributed by atoms with Crippen LogP contribution in [0.25, 0.3) is 11.0 Å². The van der Waals surface area contributed by atoms with Crippen LogP contribution < -0.4 is 0 Å². The number of halogens is 1. The smallest absolute Gasteiger partial charge is 0.179 e. The van der Waals surface area contributed by atoms with Gasteiger partial charge in [0.15, 0.2) is 5.15 Å². The van der Waals surface area contributed by atoms with Gasteiger partial charge in [0.2, 0.25) is 0 Å². The molecule has 0 aliphatic carbocycles. The summed E-state index contributed by atoms with van der Waals surface area (Å²) in [5.41, 5.74) is 1.53. The van der Waals surface area contributed by atoms with Crippen LogP contribution in [0.5, 0.6) is 0 Å². The molecule has 0 aliphatic rings. The lowest BCUT2D eigenvalue weighted by molar-refractivity contribution is 0.799. The van der Waals surface area contributed by atoms with Crippen LogP contribution in [-0.4, -0.2) is 20.2 Å². The molecule has 68 valence electrons. The number of hydrogen-bond donors (Lipinski definition) is 1. The average molecular weight is 197 g/mol. The number of hydrogen-bond acceptors (Lipinski definition) is 3. The van der Waals surface area contributed by atoms with Gasteiger partial charge in [-0.15, -0.1) is 5.10 Å². The maximum Gasteiger partial charge on any atom is 0.179 e. The Balaban J connectivity index is 2.68. The lowest BCUT2D eigenvalue weighted by Crippen LogP contribution is -1.88. The number of H-pyrrole nitrogens is 1. The Hall–Kier alpha value is -1.16. The second kappa shape index (κ2) is 2.96. The van der Waals surface area contributed by atoms with Crippen molar-refractivity contribution in [3.05, 3.63) is 17.2 Å². The van der Waals surface area contributed by atoms with Crippen LogP contribution in [0.15, 0.2) is 6.20 Å². The molecule has 2 aromatic heterocycles. The van der Waals surface area contributed by atoms with Crippen molar-refractivity contribution in [3.8, 4) is 0 Å². The summed E-state index contributed by atoms with van der Waals surface area (Å²) in [7, 11) is 0. The predicted molar refractivity (Wildman–Crippen MR) is 50.8 cm³/mol. The van der Waals surface area contributed by atoms with Crippen LogP contribution in [0, 0.1) is 0 Å². The van der Waals surface area contributed by atoms with Gasteiger partial charge in [-0.2, -0.15) is 5.10 Å². The Morgan fingerprint density at radius 2 is 2.23 bits per heavy atom. The fraction of sp³-hybridized carbons (Fsp3) is 0.375. The molecule has 0 amide bonds. The van der Waals surface area contributed by atoms with Gasteiger partial charge in [0.1, 0.15) is 11.3 Å². The minimum absolute atomic E-state index is 0.348. The van der Waals surface area contributed by atoms with E-state index in [0.717, 1.165) is 11.3 Å². The Bertz CT molecular complexity index is 435. The number of nitrogens with zero attached hydrogens (tertiary/aromatic N) is 3. The van der Waals surface area contributed by atoms with Crippen LogP contribution in [0.2, 0.25) is 5.15 Å². The number of fused-ring (bicyclic) bond motifs is 1. The van der Waals surface area contributed by atoms with E-state index in [2.05, 4.69) is 34.0 Å². The SMILES string of the molecule is CC(C)c1nc2c(Cl)nncc2[nH]1. The highest BCUT2D eigenvalue weighted by atomic mass is 35.5. The topological polar surface area (TPSA) is 54.5 Å². The standard InChI is InChI=1S/C8H9ClN4/c1-4(2)8-11-5-3-10-13-7(9)6(5)12-8/h3-4H,1-2H3,(H,11,12). The average Bonchev–Trinajstić information content (AvgIpc) is 2.49. The van der Waals surface area contributed by atoms with Crippen LogP contribution >= 0.6 is 11.6 Å². The fourth-order valence-electron chi connectivity index (χ4n) is 1.11. The van der Waals surface area contributed by atoms with Gasteiger partial charge in [0.05, 0.1) is 11.7 Å². The monoisotopic (exact) mass is 196 g/mol. The lowest BCUT2D eigenvalue weighted by atomic mass is 10.2. The maximum absolute atomic E-state index is 5.82. The zero-order valence-electron chi connectivity index (χ0n) is 7.37. The summed E-state index contributed by atoms with van der Waals surface area (Å²) < 4.78 is 0. The van der Waals surface area contributed by atoms with Gasteiger partial charge in [-0.05, 0) is 0 Å². The summed E-state index contributed by atoms with van der Waals surface area (Å²) in [5.74, 6) is 1.26. The summed E-state index contributed by atoms with van der Waals surface area (Å²) in [6, 6.07) is 0. The van der Waals surface area contributed by atoms with Crippen LogP contribution in [0.3, 0.4) is 0 Å². The van der Waals surface area contributed by atoms with E-state index in [1.807, 2.05) is 0 Å². The molecule has 4 nitrogen and oxygen atoms in total. The second-order valence-electron chi connectivity index (χ2n) is 3.17. The number of rotatable bonds is 1. The molecular formula is C8H9ClN4. The molecule has 1 N–H and O–H groups in total. The Kier molecular flexibility index (Phi) is 1.92. The molecule has 5 heteroatoms. The molecule has 2 rings (SSSR count). The molecule has 0 bridgehead atoms. The van der Waals surface area contributed by atoms with Gasteiger partial charge in [-0.1, -0.05) is 25.4 Å². The number of nitrogens with one attached hydrogen (secondary N) is 1. The van der Waals surface area contributed by atoms with Crippen LogP contribution in [-0.2, 0) is 0 Å². The lowest BCUT2D eigenvalue weighted by Gasteiger charge is -1.95. The quantitative estimate of drug-likeness (QED) is 0.760. The first-order chi connectivity index (χ1) is 6.18. The van der Waals surface area contributed by atoms with Gasteiger partial charge >= 0.3 is 0 Å². The van der Waals surface area contributed by atoms with Crippen molar-refractivity contribution < 1.29 is 0 Å². The van der Waals surface area contributed by atoms with E-state index in [1.54, 1.807) is 6.20 Å². The van der Waals surface area contributed by atoms with E-state index in [0.29, 0.717) is 16.6 Å². The van der Waals surface area contributed by atoms with Gasteiger partial charge in [0, 0.05) is 5.92 Å². The van der Waals surface area contributed by atoms with Gasteiger partial charge < -0.3 is 4.98 Å². The number of aromatic amines is 1. The van der Waals surface area contributed by atoms with Crippen molar-refractivity contribution in [2.45, 2.75) is 19.8 Å². The molecule has 2 aromatic rings. The van der Waals surface area contributed by atoms with E-state index in [9.17, 15) is 0 Å². The van der Waals surface area contributed by atoms with Crippen molar-refractivity contribution in [1.29, 1.82) is 0 Å². The zero-order valence-corrected chi connectivity index (χ0v) is 8.13. The van der Waals surface area contributed by atoms with E-state index in [1.165, 1.54) is 0 Å². The van der Waals surface area contributed by atoms with E-state index in [-0.39, 0.29) is 0 Å². The summed E-state index contributed by atoms with van der Waals surface area (Å²) in [5, 5.41) is 7.79.